The normalized spacial score (nSPS) is 7.43. The molecule has 0 amide bonds. The number of hydrogen-bond acceptors (Lipinski definition) is 2. The van der Waals surface area contributed by atoms with E-state index in [9.17, 15) is 0 Å². The lowest BCUT2D eigenvalue weighted by Crippen LogP contribution is -1.83. The summed E-state index contributed by atoms with van der Waals surface area (Å²) in [6, 6.07) is 0. The molecule has 0 aliphatic heterocycles. The lowest BCUT2D eigenvalue weighted by molar-refractivity contribution is 1.33. The molecule has 0 unspecified atom stereocenters. The molecule has 4 heteroatoms. The maximum Gasteiger partial charge on any atom is 0.197 e. The highest BCUT2D eigenvalue weighted by molar-refractivity contribution is 8.93. The van der Waals surface area contributed by atoms with E-state index >= 15 is 0 Å². The molecule has 0 bridgehead atoms. The molecule has 1 aromatic rings. The lowest BCUT2D eigenvalue weighted by atomic mass is 11.0. The number of nitrogens with two attached hydrogens (primary N) is 1. The van der Waals surface area contributed by atoms with Gasteiger partial charge in [-0.05, 0) is 0 Å². The van der Waals surface area contributed by atoms with E-state index in [0.29, 0.717) is 5.95 Å². The first-order valence-corrected chi connectivity index (χ1v) is 1.64. The number of nitrogen functional groups attached to an aromatic ring is 1. The zero-order valence-corrected chi connectivity index (χ0v) is 5.30. The third kappa shape index (κ3) is 1.59. The molecule has 0 radical (unpaired) electrons. The van der Waals surface area contributed by atoms with Gasteiger partial charge in [0.15, 0.2) is 5.95 Å². The van der Waals surface area contributed by atoms with E-state index in [1.54, 1.807) is 12.4 Å². The van der Waals surface area contributed by atoms with E-state index in [1.807, 2.05) is 0 Å². The second-order valence-electron chi connectivity index (χ2n) is 0.974. The number of aromatic nitrogens is 2. The predicted octanol–water partition coefficient (Wildman–Crippen LogP) is 0.570. The van der Waals surface area contributed by atoms with Crippen molar-refractivity contribution in [1.82, 2.24) is 9.97 Å². The number of rotatable bonds is 0. The summed E-state index contributed by atoms with van der Waals surface area (Å²) in [6.07, 6.45) is 3.28. The van der Waals surface area contributed by atoms with Gasteiger partial charge in [-0.2, -0.15) is 0 Å². The second-order valence-corrected chi connectivity index (χ2v) is 0.974. The standard InChI is InChI=1S/C3H5N3.BrH/c4-3-5-1-2-6-3;/h1-2H,(H3,4,5,6);1H. The zero-order valence-electron chi connectivity index (χ0n) is 3.59. The van der Waals surface area contributed by atoms with Crippen molar-refractivity contribution in [3.05, 3.63) is 12.4 Å². The molecule has 0 aliphatic rings. The Labute approximate surface area is 51.7 Å². The van der Waals surface area contributed by atoms with Crippen molar-refractivity contribution in [2.24, 2.45) is 0 Å². The topological polar surface area (TPSA) is 54.7 Å². The van der Waals surface area contributed by atoms with Gasteiger partial charge in [-0.3, -0.25) is 0 Å². The minimum atomic E-state index is 0. The summed E-state index contributed by atoms with van der Waals surface area (Å²) >= 11 is 0. The fourth-order valence-corrected chi connectivity index (χ4v) is 0.277. The lowest BCUT2D eigenvalue weighted by Gasteiger charge is -1.70. The second kappa shape index (κ2) is 2.63. The molecule has 0 saturated heterocycles. The highest BCUT2D eigenvalue weighted by Crippen LogP contribution is 1.81. The number of imidazole rings is 1. The molecule has 0 aliphatic carbocycles. The summed E-state index contributed by atoms with van der Waals surface area (Å²) < 4.78 is 0. The number of halogens is 1. The molecule has 1 heterocycles. The van der Waals surface area contributed by atoms with Crippen molar-refractivity contribution in [1.29, 1.82) is 0 Å². The van der Waals surface area contributed by atoms with Gasteiger partial charge in [0.2, 0.25) is 0 Å². The van der Waals surface area contributed by atoms with Gasteiger partial charge in [0.25, 0.3) is 0 Å². The van der Waals surface area contributed by atoms with Crippen LogP contribution in [0.15, 0.2) is 12.4 Å². The number of aromatic amines is 1. The zero-order chi connectivity index (χ0) is 4.41. The summed E-state index contributed by atoms with van der Waals surface area (Å²) in [5.41, 5.74) is 5.11. The number of nitrogens with zero attached hydrogens (tertiary/aromatic N) is 1. The summed E-state index contributed by atoms with van der Waals surface area (Å²) in [6.45, 7) is 0. The average molecular weight is 164 g/mol. The molecule has 0 aromatic carbocycles. The number of anilines is 1. The molecule has 0 atom stereocenters. The molecule has 0 spiro atoms. The van der Waals surface area contributed by atoms with Crippen LogP contribution in [-0.2, 0) is 0 Å². The van der Waals surface area contributed by atoms with Crippen molar-refractivity contribution in [3.63, 3.8) is 0 Å². The van der Waals surface area contributed by atoms with Gasteiger partial charge in [-0.1, -0.05) is 0 Å². The number of nitrogens with one attached hydrogen (secondary N) is 1. The Bertz CT molecular complexity index is 114. The first-order valence-electron chi connectivity index (χ1n) is 1.64. The molecule has 0 fully saturated rings. The van der Waals surface area contributed by atoms with E-state index in [-0.39, 0.29) is 17.0 Å². The molecular formula is C3H6BrN3. The van der Waals surface area contributed by atoms with Crippen LogP contribution in [0, 0.1) is 0 Å². The maximum atomic E-state index is 5.11. The number of H-pyrrole nitrogens is 1. The van der Waals surface area contributed by atoms with Gasteiger partial charge in [0, 0.05) is 12.4 Å². The smallest absolute Gasteiger partial charge is 0.197 e. The fraction of sp³-hybridized carbons (Fsp3) is 0. The molecule has 40 valence electrons. The SMILES string of the molecule is Br.Nc1ncc[nH]1. The first-order chi connectivity index (χ1) is 2.89. The van der Waals surface area contributed by atoms with Crippen molar-refractivity contribution in [3.8, 4) is 0 Å². The Kier molecular flexibility index (Phi) is 2.44. The summed E-state index contributed by atoms with van der Waals surface area (Å²) in [5.74, 6) is 0.468. The maximum absolute atomic E-state index is 5.11. The summed E-state index contributed by atoms with van der Waals surface area (Å²) in [5, 5.41) is 0. The monoisotopic (exact) mass is 163 g/mol. The van der Waals surface area contributed by atoms with Gasteiger partial charge in [-0.25, -0.2) is 4.98 Å². The summed E-state index contributed by atoms with van der Waals surface area (Å²) in [7, 11) is 0. The molecule has 3 N–H and O–H groups in total. The molecule has 1 aromatic heterocycles. The van der Waals surface area contributed by atoms with Crippen molar-refractivity contribution in [2.45, 2.75) is 0 Å². The van der Waals surface area contributed by atoms with Crippen LogP contribution in [0.5, 0.6) is 0 Å². The van der Waals surface area contributed by atoms with Gasteiger partial charge in [-0.15, -0.1) is 17.0 Å². The van der Waals surface area contributed by atoms with E-state index in [4.69, 9.17) is 5.73 Å². The van der Waals surface area contributed by atoms with Crippen molar-refractivity contribution in [2.75, 3.05) is 5.73 Å². The minimum absolute atomic E-state index is 0. The van der Waals surface area contributed by atoms with E-state index in [2.05, 4.69) is 9.97 Å². The van der Waals surface area contributed by atoms with Crippen molar-refractivity contribution < 1.29 is 0 Å². The Morgan fingerprint density at radius 3 is 2.57 bits per heavy atom. The molecule has 7 heavy (non-hydrogen) atoms. The number of hydrogen-bond donors (Lipinski definition) is 2. The van der Waals surface area contributed by atoms with Crippen LogP contribution in [0.4, 0.5) is 5.95 Å². The van der Waals surface area contributed by atoms with Gasteiger partial charge >= 0.3 is 0 Å². The van der Waals surface area contributed by atoms with Gasteiger partial charge in [0.05, 0.1) is 0 Å². The van der Waals surface area contributed by atoms with Crippen LogP contribution >= 0.6 is 17.0 Å². The Hall–Kier alpha value is -0.510. The quantitative estimate of drug-likeness (QED) is 0.588. The van der Waals surface area contributed by atoms with Crippen LogP contribution in [0.2, 0.25) is 0 Å². The fourth-order valence-electron chi connectivity index (χ4n) is 0.277. The Balaban J connectivity index is 0.000000360. The van der Waals surface area contributed by atoms with Crippen LogP contribution < -0.4 is 5.73 Å². The largest absolute Gasteiger partial charge is 0.369 e. The predicted molar refractivity (Wildman–Crippen MR) is 33.3 cm³/mol. The average Bonchev–Trinajstić information content (AvgIpc) is 1.86. The molecular weight excluding hydrogens is 158 g/mol. The van der Waals surface area contributed by atoms with Crippen molar-refractivity contribution >= 4 is 22.9 Å². The molecule has 3 nitrogen and oxygen atoms in total. The summed E-state index contributed by atoms with van der Waals surface area (Å²) in [4.78, 5) is 6.31. The molecule has 0 saturated carbocycles. The third-order valence-corrected chi connectivity index (χ3v) is 0.519. The molecule has 1 rings (SSSR count). The Morgan fingerprint density at radius 2 is 2.43 bits per heavy atom. The van der Waals surface area contributed by atoms with Gasteiger partial charge < -0.3 is 10.7 Å². The van der Waals surface area contributed by atoms with Crippen LogP contribution in [0.1, 0.15) is 0 Å². The highest BCUT2D eigenvalue weighted by Gasteiger charge is 1.74. The van der Waals surface area contributed by atoms with Gasteiger partial charge in [0.1, 0.15) is 0 Å². The van der Waals surface area contributed by atoms with Crippen LogP contribution in [-0.4, -0.2) is 9.97 Å². The highest BCUT2D eigenvalue weighted by atomic mass is 79.9. The minimum Gasteiger partial charge on any atom is -0.369 e. The Morgan fingerprint density at radius 1 is 1.71 bits per heavy atom. The van der Waals surface area contributed by atoms with E-state index in [1.165, 1.54) is 0 Å². The third-order valence-electron chi connectivity index (χ3n) is 0.519. The van der Waals surface area contributed by atoms with Crippen LogP contribution in [0.25, 0.3) is 0 Å². The first kappa shape index (κ1) is 6.49. The van der Waals surface area contributed by atoms with E-state index < -0.39 is 0 Å². The van der Waals surface area contributed by atoms with Crippen LogP contribution in [0.3, 0.4) is 0 Å². The van der Waals surface area contributed by atoms with E-state index in [0.717, 1.165) is 0 Å².